The molecular formula is C21H27BrF2N4O4. The summed E-state index contributed by atoms with van der Waals surface area (Å²) >= 11 is 3.19. The molecule has 176 valence electrons. The highest BCUT2D eigenvalue weighted by Crippen LogP contribution is 2.24. The van der Waals surface area contributed by atoms with E-state index >= 15 is 0 Å². The summed E-state index contributed by atoms with van der Waals surface area (Å²) in [7, 11) is 0. The van der Waals surface area contributed by atoms with E-state index in [0.29, 0.717) is 0 Å². The Labute approximate surface area is 193 Å². The molecule has 0 aliphatic rings. The quantitative estimate of drug-likeness (QED) is 0.505. The van der Waals surface area contributed by atoms with Gasteiger partial charge in [-0.15, -0.1) is 0 Å². The van der Waals surface area contributed by atoms with Crippen LogP contribution in [0.2, 0.25) is 0 Å². The molecule has 0 bridgehead atoms. The molecule has 0 saturated carbocycles. The van der Waals surface area contributed by atoms with Gasteiger partial charge in [0.25, 0.3) is 5.56 Å². The molecule has 0 aliphatic heterocycles. The predicted octanol–water partition coefficient (Wildman–Crippen LogP) is 4.38. The third-order valence-corrected chi connectivity index (χ3v) is 4.68. The molecule has 1 heterocycles. The second-order valence-corrected chi connectivity index (χ2v) is 9.00. The molecule has 0 aliphatic carbocycles. The lowest BCUT2D eigenvalue weighted by atomic mass is 10.2. The summed E-state index contributed by atoms with van der Waals surface area (Å²) in [6, 6.07) is 2.90. The molecule has 1 aromatic heterocycles. The standard InChI is InChI=1S/C21H27BrF2N4O4/c1-12(2)28-18(29)16(22)17(31-11-13-6-7-14(23)10-15(13)24)27-19(28)25-8-9-26-20(30)32-21(3,4)5/h6-7,10,12H,8-9,11H2,1-5H3,(H,25,27)(H,26,30). The van der Waals surface area contributed by atoms with Crippen LogP contribution in [-0.2, 0) is 11.3 Å². The number of carbonyl (C=O) groups excluding carboxylic acids is 1. The number of aromatic nitrogens is 2. The molecular weight excluding hydrogens is 490 g/mol. The summed E-state index contributed by atoms with van der Waals surface area (Å²) in [5.74, 6) is -1.29. The molecule has 0 atom stereocenters. The first-order valence-electron chi connectivity index (χ1n) is 9.98. The monoisotopic (exact) mass is 516 g/mol. The van der Waals surface area contributed by atoms with Crippen molar-refractivity contribution in [3.8, 4) is 5.88 Å². The third-order valence-electron chi connectivity index (χ3n) is 4.00. The SMILES string of the molecule is CC(C)n1c(NCCNC(=O)OC(C)(C)C)nc(OCc2ccc(F)cc2F)c(Br)c1=O. The van der Waals surface area contributed by atoms with Crippen LogP contribution in [0.3, 0.4) is 0 Å². The number of anilines is 1. The first-order chi connectivity index (χ1) is 14.9. The number of nitrogens with zero attached hydrogens (tertiary/aromatic N) is 2. The largest absolute Gasteiger partial charge is 0.472 e. The van der Waals surface area contributed by atoms with Gasteiger partial charge < -0.3 is 20.1 Å². The van der Waals surface area contributed by atoms with E-state index in [2.05, 4.69) is 31.5 Å². The van der Waals surface area contributed by atoms with Gasteiger partial charge in [-0.25, -0.2) is 13.6 Å². The van der Waals surface area contributed by atoms with Gasteiger partial charge in [0.05, 0.1) is 0 Å². The number of rotatable bonds is 8. The summed E-state index contributed by atoms with van der Waals surface area (Å²) in [6.45, 7) is 9.14. The number of amides is 1. The van der Waals surface area contributed by atoms with E-state index in [1.807, 2.05) is 13.8 Å². The van der Waals surface area contributed by atoms with Crippen molar-refractivity contribution in [1.82, 2.24) is 14.9 Å². The minimum Gasteiger partial charge on any atom is -0.472 e. The maximum Gasteiger partial charge on any atom is 0.407 e. The van der Waals surface area contributed by atoms with E-state index in [4.69, 9.17) is 9.47 Å². The van der Waals surface area contributed by atoms with E-state index in [-0.39, 0.29) is 47.6 Å². The van der Waals surface area contributed by atoms with Crippen LogP contribution in [0.4, 0.5) is 19.5 Å². The van der Waals surface area contributed by atoms with Gasteiger partial charge in [-0.05, 0) is 62.7 Å². The van der Waals surface area contributed by atoms with Gasteiger partial charge in [0, 0.05) is 30.8 Å². The fourth-order valence-corrected chi connectivity index (χ4v) is 3.02. The Morgan fingerprint density at radius 3 is 2.53 bits per heavy atom. The van der Waals surface area contributed by atoms with Crippen LogP contribution in [-0.4, -0.2) is 34.3 Å². The smallest absolute Gasteiger partial charge is 0.407 e. The zero-order chi connectivity index (χ0) is 24.1. The van der Waals surface area contributed by atoms with Crippen LogP contribution in [0.15, 0.2) is 27.5 Å². The minimum absolute atomic E-state index is 0.0433. The number of alkyl carbamates (subject to hydrolysis) is 1. The van der Waals surface area contributed by atoms with Gasteiger partial charge >= 0.3 is 6.09 Å². The van der Waals surface area contributed by atoms with Gasteiger partial charge in [-0.2, -0.15) is 4.98 Å². The van der Waals surface area contributed by atoms with E-state index in [0.717, 1.165) is 12.1 Å². The number of carbonyl (C=O) groups is 1. The molecule has 11 heteroatoms. The molecule has 2 aromatic rings. The maximum atomic E-state index is 13.9. The lowest BCUT2D eigenvalue weighted by Gasteiger charge is -2.20. The highest BCUT2D eigenvalue weighted by Gasteiger charge is 2.19. The van der Waals surface area contributed by atoms with Crippen molar-refractivity contribution in [2.24, 2.45) is 0 Å². The van der Waals surface area contributed by atoms with Gasteiger partial charge in [0.2, 0.25) is 11.8 Å². The molecule has 2 N–H and O–H groups in total. The first kappa shape index (κ1) is 25.6. The first-order valence-corrected chi connectivity index (χ1v) is 10.8. The second-order valence-electron chi connectivity index (χ2n) is 8.20. The zero-order valence-electron chi connectivity index (χ0n) is 18.6. The molecule has 2 rings (SSSR count). The molecule has 0 spiro atoms. The predicted molar refractivity (Wildman–Crippen MR) is 120 cm³/mol. The number of nitrogens with one attached hydrogen (secondary N) is 2. The Morgan fingerprint density at radius 1 is 1.25 bits per heavy atom. The van der Waals surface area contributed by atoms with Crippen LogP contribution in [0, 0.1) is 11.6 Å². The Bertz CT molecular complexity index is 1020. The average Bonchev–Trinajstić information content (AvgIpc) is 2.66. The Hall–Kier alpha value is -2.69. The number of hydrogen-bond acceptors (Lipinski definition) is 6. The second kappa shape index (κ2) is 10.8. The van der Waals surface area contributed by atoms with Crippen molar-refractivity contribution in [3.05, 3.63) is 50.2 Å². The van der Waals surface area contributed by atoms with Crippen molar-refractivity contribution in [2.75, 3.05) is 18.4 Å². The number of hydrogen-bond donors (Lipinski definition) is 2. The van der Waals surface area contributed by atoms with E-state index < -0.39 is 28.9 Å². The Morgan fingerprint density at radius 2 is 1.94 bits per heavy atom. The van der Waals surface area contributed by atoms with E-state index in [9.17, 15) is 18.4 Å². The Balaban J connectivity index is 2.14. The third kappa shape index (κ3) is 7.18. The molecule has 0 saturated heterocycles. The minimum atomic E-state index is -0.761. The van der Waals surface area contributed by atoms with Crippen LogP contribution in [0.1, 0.15) is 46.2 Å². The van der Waals surface area contributed by atoms with Crippen molar-refractivity contribution < 1.29 is 23.0 Å². The highest BCUT2D eigenvalue weighted by molar-refractivity contribution is 9.10. The summed E-state index contributed by atoms with van der Waals surface area (Å²) in [4.78, 5) is 28.9. The van der Waals surface area contributed by atoms with Crippen LogP contribution >= 0.6 is 15.9 Å². The number of benzene rings is 1. The maximum absolute atomic E-state index is 13.9. The topological polar surface area (TPSA) is 94.5 Å². The van der Waals surface area contributed by atoms with Gasteiger partial charge in [-0.1, -0.05) is 0 Å². The highest BCUT2D eigenvalue weighted by atomic mass is 79.9. The molecule has 8 nitrogen and oxygen atoms in total. The molecule has 32 heavy (non-hydrogen) atoms. The summed E-state index contributed by atoms with van der Waals surface area (Å²) in [6.07, 6.45) is -0.560. The summed E-state index contributed by atoms with van der Waals surface area (Å²) in [5, 5.41) is 5.60. The molecule has 1 aromatic carbocycles. The fourth-order valence-electron chi connectivity index (χ4n) is 2.63. The normalized spacial score (nSPS) is 11.4. The van der Waals surface area contributed by atoms with Gasteiger partial charge in [0.15, 0.2) is 0 Å². The average molecular weight is 517 g/mol. The lowest BCUT2D eigenvalue weighted by Crippen LogP contribution is -2.36. The zero-order valence-corrected chi connectivity index (χ0v) is 20.2. The van der Waals surface area contributed by atoms with Crippen LogP contribution < -0.4 is 20.9 Å². The lowest BCUT2D eigenvalue weighted by molar-refractivity contribution is 0.0530. The fraction of sp³-hybridized carbons (Fsp3) is 0.476. The van der Waals surface area contributed by atoms with Gasteiger partial charge in [-0.3, -0.25) is 9.36 Å². The van der Waals surface area contributed by atoms with Gasteiger partial charge in [0.1, 0.15) is 28.3 Å². The molecule has 0 fully saturated rings. The Kier molecular flexibility index (Phi) is 8.59. The molecule has 1 amide bonds. The number of halogens is 3. The summed E-state index contributed by atoms with van der Waals surface area (Å²) < 4.78 is 39.2. The molecule has 0 radical (unpaired) electrons. The van der Waals surface area contributed by atoms with Crippen LogP contribution in [0.25, 0.3) is 0 Å². The number of ether oxygens (including phenoxy) is 2. The summed E-state index contributed by atoms with van der Waals surface area (Å²) in [5.41, 5.74) is -0.893. The van der Waals surface area contributed by atoms with Crippen molar-refractivity contribution in [3.63, 3.8) is 0 Å². The van der Waals surface area contributed by atoms with E-state index in [1.165, 1.54) is 10.6 Å². The molecule has 0 unspecified atom stereocenters. The van der Waals surface area contributed by atoms with Crippen molar-refractivity contribution in [1.29, 1.82) is 0 Å². The van der Waals surface area contributed by atoms with Crippen molar-refractivity contribution in [2.45, 2.75) is 52.9 Å². The van der Waals surface area contributed by atoms with Crippen LogP contribution in [0.5, 0.6) is 5.88 Å². The van der Waals surface area contributed by atoms with E-state index in [1.54, 1.807) is 20.8 Å². The van der Waals surface area contributed by atoms with Crippen molar-refractivity contribution >= 4 is 28.0 Å².